The zero-order valence-corrected chi connectivity index (χ0v) is 25.3. The van der Waals surface area contributed by atoms with Gasteiger partial charge in [-0.25, -0.2) is 14.4 Å². The number of non-ortho nitro benzene ring substituents is 1. The second-order valence-corrected chi connectivity index (χ2v) is 11.3. The molecule has 0 aromatic heterocycles. The van der Waals surface area contributed by atoms with Crippen LogP contribution in [0.25, 0.3) is 0 Å². The molecule has 2 heterocycles. The van der Waals surface area contributed by atoms with Crippen molar-refractivity contribution in [2.24, 2.45) is 10.9 Å². The van der Waals surface area contributed by atoms with Crippen LogP contribution in [0.3, 0.4) is 0 Å². The highest BCUT2D eigenvalue weighted by atomic mass is 16.8. The third kappa shape index (κ3) is 9.38. The number of aliphatic imine (C=N–C) groups is 1. The highest BCUT2D eigenvalue weighted by Gasteiger charge is 2.49. The molecule has 1 amide bonds. The zero-order valence-electron chi connectivity index (χ0n) is 25.3. The maximum atomic E-state index is 12.9. The molecule has 1 saturated heterocycles. The Morgan fingerprint density at radius 1 is 1.19 bits per heavy atom. The summed E-state index contributed by atoms with van der Waals surface area (Å²) in [6, 6.07) is 4.08. The Hall–Kier alpha value is -4.24. The van der Waals surface area contributed by atoms with Gasteiger partial charge in [-0.3, -0.25) is 20.4 Å². The Kier molecular flexibility index (Phi) is 10.3. The van der Waals surface area contributed by atoms with Gasteiger partial charge in [-0.1, -0.05) is 6.92 Å². The third-order valence-electron chi connectivity index (χ3n) is 6.25. The number of nitrogens with zero attached hydrogens (tertiary/aromatic N) is 2. The highest BCUT2D eigenvalue weighted by molar-refractivity contribution is 5.94. The lowest BCUT2D eigenvalue weighted by molar-refractivity contribution is -0.384. The summed E-state index contributed by atoms with van der Waals surface area (Å²) in [5.74, 6) is -2.38. The summed E-state index contributed by atoms with van der Waals surface area (Å²) in [6.07, 6.45) is -3.50. The molecule has 5 atom stereocenters. The maximum Gasteiger partial charge on any atom is 0.514 e. The first-order valence-electron chi connectivity index (χ1n) is 13.4. The van der Waals surface area contributed by atoms with Crippen LogP contribution in [0.5, 0.6) is 5.75 Å². The topological polar surface area (TPSA) is 183 Å². The third-order valence-corrected chi connectivity index (χ3v) is 6.25. The molecular formula is C28H37N3O12. The zero-order chi connectivity index (χ0) is 32.1. The van der Waals surface area contributed by atoms with E-state index in [0.717, 1.165) is 0 Å². The van der Waals surface area contributed by atoms with E-state index in [2.05, 4.69) is 10.3 Å². The van der Waals surface area contributed by atoms with Crippen LogP contribution in [-0.2, 0) is 33.2 Å². The molecule has 15 heteroatoms. The van der Waals surface area contributed by atoms with Gasteiger partial charge in [0.25, 0.3) is 5.69 Å². The number of carbonyl (C=O) groups is 3. The van der Waals surface area contributed by atoms with Crippen molar-refractivity contribution >= 4 is 29.7 Å². The number of amides is 1. The van der Waals surface area contributed by atoms with Crippen LogP contribution < -0.4 is 10.1 Å². The fourth-order valence-electron chi connectivity index (χ4n) is 4.34. The molecule has 2 aliphatic rings. The molecule has 0 unspecified atom stereocenters. The summed E-state index contributed by atoms with van der Waals surface area (Å²) in [6.45, 7) is 11.8. The standard InChI is InChI=1S/C28H37N3O12/c1-15-19(29-16(2)30-25(33)43-27(3,4)5)13-20(24(32)37-8)40-22(15)23(21-14-38-28(6,7)42-21)41-26(34)39-18-11-9-17(10-12-18)31(35)36/h9-13,15,19,21-23H,14H2,1-8H3,(H,29,30,33)/t15-,19+,21-,22-,23-/m1/s1. The molecule has 3 rings (SSSR count). The Labute approximate surface area is 248 Å². The molecule has 1 N–H and O–H groups in total. The van der Waals surface area contributed by atoms with Crippen molar-refractivity contribution in [1.29, 1.82) is 0 Å². The van der Waals surface area contributed by atoms with Crippen molar-refractivity contribution in [3.63, 3.8) is 0 Å². The van der Waals surface area contributed by atoms with Gasteiger partial charge < -0.3 is 33.2 Å². The van der Waals surface area contributed by atoms with E-state index in [9.17, 15) is 24.5 Å². The van der Waals surface area contributed by atoms with Gasteiger partial charge in [0.2, 0.25) is 5.76 Å². The minimum Gasteiger partial charge on any atom is -0.479 e. The van der Waals surface area contributed by atoms with Crippen LogP contribution in [0, 0.1) is 16.0 Å². The number of nitrogens with one attached hydrogen (secondary N) is 1. The SMILES string of the molecule is COC(=O)C1=C[C@H](N=C(C)NC(=O)OC(C)(C)C)[C@@H](C)[C@H]([C@H](OC(=O)Oc2ccc([N+](=O)[O-])cc2)[C@H]2COC(C)(C)O2)O1. The molecule has 0 spiro atoms. The second-order valence-electron chi connectivity index (χ2n) is 11.3. The predicted octanol–water partition coefficient (Wildman–Crippen LogP) is 4.03. The monoisotopic (exact) mass is 607 g/mol. The normalized spacial score (nSPS) is 24.1. The number of esters is 1. The van der Waals surface area contributed by atoms with Crippen molar-refractivity contribution in [3.8, 4) is 5.75 Å². The van der Waals surface area contributed by atoms with E-state index in [1.165, 1.54) is 37.5 Å². The van der Waals surface area contributed by atoms with E-state index in [4.69, 9.17) is 33.2 Å². The number of benzene rings is 1. The second kappa shape index (κ2) is 13.4. The average Bonchev–Trinajstić information content (AvgIpc) is 3.26. The summed E-state index contributed by atoms with van der Waals surface area (Å²) in [4.78, 5) is 52.7. The number of hydrogen-bond donors (Lipinski definition) is 1. The smallest absolute Gasteiger partial charge is 0.479 e. The van der Waals surface area contributed by atoms with Gasteiger partial charge in [0, 0.05) is 18.1 Å². The Morgan fingerprint density at radius 2 is 1.84 bits per heavy atom. The molecule has 1 aromatic rings. The number of nitro groups is 1. The number of ether oxygens (including phenoxy) is 7. The summed E-state index contributed by atoms with van der Waals surface area (Å²) < 4.78 is 38.8. The number of carbonyl (C=O) groups excluding carboxylic acids is 3. The van der Waals surface area contributed by atoms with Gasteiger partial charge in [0.1, 0.15) is 29.4 Å². The predicted molar refractivity (Wildman–Crippen MR) is 149 cm³/mol. The lowest BCUT2D eigenvalue weighted by Crippen LogP contribution is -2.51. The molecule has 0 bridgehead atoms. The van der Waals surface area contributed by atoms with Crippen molar-refractivity contribution in [2.75, 3.05) is 13.7 Å². The number of amidine groups is 1. The van der Waals surface area contributed by atoms with E-state index in [1.54, 1.807) is 48.5 Å². The molecule has 0 saturated carbocycles. The van der Waals surface area contributed by atoms with Gasteiger partial charge in [0.15, 0.2) is 11.9 Å². The van der Waals surface area contributed by atoms with Gasteiger partial charge >= 0.3 is 18.2 Å². The van der Waals surface area contributed by atoms with Crippen molar-refractivity contribution in [2.45, 2.75) is 84.2 Å². The number of nitro benzene ring substituents is 1. The van der Waals surface area contributed by atoms with Crippen LogP contribution >= 0.6 is 0 Å². The first-order valence-corrected chi connectivity index (χ1v) is 13.4. The minimum absolute atomic E-state index is 0.00246. The summed E-state index contributed by atoms with van der Waals surface area (Å²) >= 11 is 0. The summed E-state index contributed by atoms with van der Waals surface area (Å²) in [7, 11) is 1.18. The highest BCUT2D eigenvalue weighted by Crippen LogP contribution is 2.35. The molecule has 0 radical (unpaired) electrons. The van der Waals surface area contributed by atoms with E-state index in [-0.39, 0.29) is 29.6 Å². The van der Waals surface area contributed by atoms with Crippen LogP contribution in [-0.4, -0.2) is 78.4 Å². The molecule has 43 heavy (non-hydrogen) atoms. The lowest BCUT2D eigenvalue weighted by Gasteiger charge is -2.38. The van der Waals surface area contributed by atoms with Crippen molar-refractivity contribution < 1.29 is 52.5 Å². The maximum absolute atomic E-state index is 12.9. The number of alkyl carbamates (subject to hydrolysis) is 1. The first kappa shape index (κ1) is 33.3. The Bertz CT molecular complexity index is 1270. The average molecular weight is 608 g/mol. The van der Waals surface area contributed by atoms with Crippen LogP contribution in [0.1, 0.15) is 48.5 Å². The van der Waals surface area contributed by atoms with Gasteiger partial charge in [-0.05, 0) is 59.8 Å². The summed E-state index contributed by atoms with van der Waals surface area (Å²) in [5, 5.41) is 13.5. The van der Waals surface area contributed by atoms with Crippen LogP contribution in [0.15, 0.2) is 41.1 Å². The molecule has 1 fully saturated rings. The Morgan fingerprint density at radius 3 is 2.37 bits per heavy atom. The van der Waals surface area contributed by atoms with E-state index >= 15 is 0 Å². The fraction of sp³-hybridized carbons (Fsp3) is 0.571. The quantitative estimate of drug-likeness (QED) is 0.0894. The molecule has 2 aliphatic heterocycles. The first-order chi connectivity index (χ1) is 20.0. The molecular weight excluding hydrogens is 570 g/mol. The summed E-state index contributed by atoms with van der Waals surface area (Å²) in [5.41, 5.74) is -0.920. The largest absolute Gasteiger partial charge is 0.514 e. The van der Waals surface area contributed by atoms with E-state index < -0.39 is 64.8 Å². The van der Waals surface area contributed by atoms with Crippen LogP contribution in [0.2, 0.25) is 0 Å². The molecule has 15 nitrogen and oxygen atoms in total. The molecule has 236 valence electrons. The minimum atomic E-state index is -1.19. The van der Waals surface area contributed by atoms with Gasteiger partial charge in [-0.15, -0.1) is 0 Å². The number of methoxy groups -OCH3 is 1. The fourth-order valence-corrected chi connectivity index (χ4v) is 4.34. The van der Waals surface area contributed by atoms with Gasteiger partial charge in [-0.2, -0.15) is 0 Å². The lowest BCUT2D eigenvalue weighted by atomic mass is 9.87. The van der Waals surface area contributed by atoms with E-state index in [0.29, 0.717) is 0 Å². The molecule has 0 aliphatic carbocycles. The number of hydrogen-bond acceptors (Lipinski definition) is 13. The Balaban J connectivity index is 1.90. The number of rotatable bonds is 7. The van der Waals surface area contributed by atoms with Crippen LogP contribution in [0.4, 0.5) is 15.3 Å². The van der Waals surface area contributed by atoms with Crippen molar-refractivity contribution in [3.05, 3.63) is 46.2 Å². The van der Waals surface area contributed by atoms with Gasteiger partial charge in [0.05, 0.1) is 24.7 Å². The van der Waals surface area contributed by atoms with E-state index in [1.807, 2.05) is 0 Å². The molecule has 1 aromatic carbocycles. The van der Waals surface area contributed by atoms with Crippen molar-refractivity contribution in [1.82, 2.24) is 5.32 Å².